The molecule has 0 aromatic carbocycles. The normalized spacial score (nSPS) is 7.45. The second-order valence-electron chi connectivity index (χ2n) is 1.38. The maximum atomic E-state index is 2.93. The third-order valence-electron chi connectivity index (χ3n) is 0.618. The Balaban J connectivity index is 3.28. The van der Waals surface area contributed by atoms with Gasteiger partial charge in [-0.1, -0.05) is 37.4 Å². The van der Waals surface area contributed by atoms with E-state index in [0.717, 1.165) is 11.5 Å². The van der Waals surface area contributed by atoms with Gasteiger partial charge in [0.25, 0.3) is 0 Å². The van der Waals surface area contributed by atoms with Gasteiger partial charge in [-0.25, -0.2) is 0 Å². The SMILES string of the molecule is CCSC#CSC#CSCC. The monoisotopic (exact) mass is 202 g/mol. The first-order valence-corrected chi connectivity index (χ1v) is 6.10. The minimum absolute atomic E-state index is 1.05. The highest BCUT2D eigenvalue weighted by atomic mass is 32.2. The van der Waals surface area contributed by atoms with Crippen molar-refractivity contribution in [2.45, 2.75) is 13.8 Å². The van der Waals surface area contributed by atoms with Crippen molar-refractivity contribution in [3.05, 3.63) is 0 Å². The first-order valence-electron chi connectivity index (χ1n) is 3.31. The van der Waals surface area contributed by atoms with E-state index in [9.17, 15) is 0 Å². The Labute approximate surface area is 81.7 Å². The van der Waals surface area contributed by atoms with Gasteiger partial charge in [-0.2, -0.15) is 0 Å². The van der Waals surface area contributed by atoms with E-state index < -0.39 is 0 Å². The summed E-state index contributed by atoms with van der Waals surface area (Å²) in [5, 5.41) is 11.6. The zero-order valence-electron chi connectivity index (χ0n) is 6.64. The predicted octanol–water partition coefficient (Wildman–Crippen LogP) is 3.06. The van der Waals surface area contributed by atoms with E-state index in [4.69, 9.17) is 0 Å². The van der Waals surface area contributed by atoms with Crippen molar-refractivity contribution < 1.29 is 0 Å². The topological polar surface area (TPSA) is 0 Å². The molecule has 0 saturated carbocycles. The predicted molar refractivity (Wildman–Crippen MR) is 59.4 cm³/mol. The van der Waals surface area contributed by atoms with E-state index in [1.54, 1.807) is 23.5 Å². The first kappa shape index (κ1) is 11.2. The average molecular weight is 202 g/mol. The van der Waals surface area contributed by atoms with Crippen LogP contribution in [-0.4, -0.2) is 11.5 Å². The molecule has 0 spiro atoms. The minimum atomic E-state index is 1.05. The fourth-order valence-corrected chi connectivity index (χ4v) is 1.41. The Morgan fingerprint density at radius 1 is 0.818 bits per heavy atom. The van der Waals surface area contributed by atoms with Gasteiger partial charge in [-0.05, 0) is 21.0 Å². The molecule has 0 unspecified atom stereocenters. The standard InChI is InChI=1S/C8H10S3/c1-3-9-5-7-11-8-6-10-4-2/h3-4H2,1-2H3. The van der Waals surface area contributed by atoms with Crippen molar-refractivity contribution in [1.82, 2.24) is 0 Å². The second-order valence-corrected chi connectivity index (χ2v) is 4.13. The van der Waals surface area contributed by atoms with E-state index in [2.05, 4.69) is 34.9 Å². The Morgan fingerprint density at radius 2 is 1.27 bits per heavy atom. The fraction of sp³-hybridized carbons (Fsp3) is 0.500. The van der Waals surface area contributed by atoms with Crippen molar-refractivity contribution in [2.24, 2.45) is 0 Å². The highest BCUT2D eigenvalue weighted by Crippen LogP contribution is 2.00. The zero-order valence-corrected chi connectivity index (χ0v) is 9.09. The van der Waals surface area contributed by atoms with Crippen molar-refractivity contribution in [1.29, 1.82) is 0 Å². The van der Waals surface area contributed by atoms with Crippen molar-refractivity contribution in [3.8, 4) is 21.0 Å². The molecule has 0 aromatic heterocycles. The van der Waals surface area contributed by atoms with Crippen LogP contribution in [0.2, 0.25) is 0 Å². The van der Waals surface area contributed by atoms with Gasteiger partial charge >= 0.3 is 0 Å². The summed E-state index contributed by atoms with van der Waals surface area (Å²) in [5.41, 5.74) is 0. The summed E-state index contributed by atoms with van der Waals surface area (Å²) in [6, 6.07) is 0. The Morgan fingerprint density at radius 3 is 1.64 bits per heavy atom. The van der Waals surface area contributed by atoms with Crippen LogP contribution >= 0.6 is 35.3 Å². The Bertz CT molecular complexity index is 167. The molecule has 0 atom stereocenters. The van der Waals surface area contributed by atoms with E-state index in [-0.39, 0.29) is 0 Å². The average Bonchev–Trinajstić information content (AvgIpc) is 2.03. The molecule has 0 aliphatic heterocycles. The van der Waals surface area contributed by atoms with Crippen LogP contribution < -0.4 is 0 Å². The molecule has 0 aromatic rings. The molecule has 0 rings (SSSR count). The maximum Gasteiger partial charge on any atom is 0.0152 e. The fourth-order valence-electron chi connectivity index (χ4n) is 0.270. The quantitative estimate of drug-likeness (QED) is 0.632. The van der Waals surface area contributed by atoms with Gasteiger partial charge in [0, 0.05) is 23.3 Å². The van der Waals surface area contributed by atoms with E-state index in [0.29, 0.717) is 0 Å². The van der Waals surface area contributed by atoms with Gasteiger partial charge in [0.2, 0.25) is 0 Å². The lowest BCUT2D eigenvalue weighted by Gasteiger charge is -1.76. The molecule has 0 saturated heterocycles. The second kappa shape index (κ2) is 10.2. The summed E-state index contributed by atoms with van der Waals surface area (Å²) in [5.74, 6) is 2.09. The first-order chi connectivity index (χ1) is 5.41. The Kier molecular flexibility index (Phi) is 10.3. The molecule has 60 valence electrons. The van der Waals surface area contributed by atoms with E-state index in [1.165, 1.54) is 11.8 Å². The van der Waals surface area contributed by atoms with E-state index >= 15 is 0 Å². The highest BCUT2D eigenvalue weighted by Gasteiger charge is 1.72. The molecule has 0 bridgehead atoms. The number of thioether (sulfide) groups is 3. The summed E-state index contributed by atoms with van der Waals surface area (Å²) in [4.78, 5) is 0. The molecule has 3 heteroatoms. The molecule has 0 fully saturated rings. The van der Waals surface area contributed by atoms with Crippen molar-refractivity contribution in [2.75, 3.05) is 11.5 Å². The lowest BCUT2D eigenvalue weighted by molar-refractivity contribution is 1.54. The minimum Gasteiger partial charge on any atom is -0.0744 e. The maximum absolute atomic E-state index is 2.93. The van der Waals surface area contributed by atoms with Crippen LogP contribution in [0.15, 0.2) is 0 Å². The van der Waals surface area contributed by atoms with Crippen LogP contribution in [0.3, 0.4) is 0 Å². The molecule has 0 aliphatic rings. The smallest absolute Gasteiger partial charge is 0.0152 e. The lowest BCUT2D eigenvalue weighted by atomic mass is 11.0. The molecule has 0 heterocycles. The third-order valence-corrected chi connectivity index (χ3v) is 2.36. The summed E-state index contributed by atoms with van der Waals surface area (Å²) in [7, 11) is 0. The number of hydrogen-bond donors (Lipinski definition) is 0. The van der Waals surface area contributed by atoms with Gasteiger partial charge in [0.1, 0.15) is 0 Å². The van der Waals surface area contributed by atoms with Crippen LogP contribution in [-0.2, 0) is 0 Å². The lowest BCUT2D eigenvalue weighted by Crippen LogP contribution is -1.57. The zero-order chi connectivity index (χ0) is 8.36. The molecule has 0 radical (unpaired) electrons. The van der Waals surface area contributed by atoms with Crippen LogP contribution in [0.4, 0.5) is 0 Å². The summed E-state index contributed by atoms with van der Waals surface area (Å²) < 4.78 is 0. The van der Waals surface area contributed by atoms with Crippen LogP contribution in [0.25, 0.3) is 0 Å². The molecule has 0 nitrogen and oxygen atoms in total. The summed E-state index contributed by atoms with van der Waals surface area (Å²) in [6.07, 6.45) is 0. The molecule has 0 amide bonds. The molecular formula is C8H10S3. The largest absolute Gasteiger partial charge is 0.0744 e. The van der Waals surface area contributed by atoms with Gasteiger partial charge < -0.3 is 0 Å². The highest BCUT2D eigenvalue weighted by molar-refractivity contribution is 8.11. The van der Waals surface area contributed by atoms with E-state index in [1.807, 2.05) is 0 Å². The number of rotatable bonds is 2. The molecule has 0 aliphatic carbocycles. The molecular weight excluding hydrogens is 192 g/mol. The van der Waals surface area contributed by atoms with Crippen LogP contribution in [0, 0.1) is 21.0 Å². The molecule has 11 heavy (non-hydrogen) atoms. The van der Waals surface area contributed by atoms with Gasteiger partial charge in [0.15, 0.2) is 0 Å². The van der Waals surface area contributed by atoms with Gasteiger partial charge in [-0.3, -0.25) is 0 Å². The summed E-state index contributed by atoms with van der Waals surface area (Å²) in [6.45, 7) is 4.17. The van der Waals surface area contributed by atoms with Crippen molar-refractivity contribution >= 4 is 35.3 Å². The van der Waals surface area contributed by atoms with Gasteiger partial charge in [-0.15, -0.1) is 0 Å². The number of hydrogen-bond acceptors (Lipinski definition) is 3. The van der Waals surface area contributed by atoms with Crippen molar-refractivity contribution in [3.63, 3.8) is 0 Å². The molecule has 0 N–H and O–H groups in total. The third kappa shape index (κ3) is 10.2. The van der Waals surface area contributed by atoms with Crippen LogP contribution in [0.1, 0.15) is 13.8 Å². The Hall–Kier alpha value is 0.170. The summed E-state index contributed by atoms with van der Waals surface area (Å²) >= 11 is 4.60. The van der Waals surface area contributed by atoms with Crippen LogP contribution in [0.5, 0.6) is 0 Å². The van der Waals surface area contributed by atoms with Gasteiger partial charge in [0.05, 0.1) is 0 Å².